The van der Waals surface area contributed by atoms with E-state index in [0.29, 0.717) is 19.4 Å². The van der Waals surface area contributed by atoms with Crippen LogP contribution in [0.15, 0.2) is 30.3 Å². The fourth-order valence-corrected chi connectivity index (χ4v) is 4.20. The lowest BCUT2D eigenvalue weighted by molar-refractivity contribution is -0.137. The van der Waals surface area contributed by atoms with E-state index in [4.69, 9.17) is 0 Å². The molecule has 1 aliphatic heterocycles. The summed E-state index contributed by atoms with van der Waals surface area (Å²) in [5.41, 5.74) is 0.573. The van der Waals surface area contributed by atoms with Gasteiger partial charge in [0.25, 0.3) is 5.91 Å². The molecule has 2 aliphatic rings. The van der Waals surface area contributed by atoms with E-state index in [-0.39, 0.29) is 24.4 Å². The zero-order valence-electron chi connectivity index (χ0n) is 16.1. The van der Waals surface area contributed by atoms with Crippen molar-refractivity contribution in [3.05, 3.63) is 35.9 Å². The zero-order valence-corrected chi connectivity index (χ0v) is 16.1. The molecule has 6 nitrogen and oxygen atoms in total. The molecule has 1 aromatic rings. The van der Waals surface area contributed by atoms with Gasteiger partial charge in [-0.3, -0.25) is 14.5 Å². The minimum atomic E-state index is -0.717. The first-order valence-corrected chi connectivity index (χ1v) is 9.95. The second-order valence-electron chi connectivity index (χ2n) is 7.62. The monoisotopic (exact) mass is 371 g/mol. The lowest BCUT2D eigenvalue weighted by atomic mass is 9.81. The summed E-state index contributed by atoms with van der Waals surface area (Å²) in [5.74, 6) is -0.466. The van der Waals surface area contributed by atoms with Crippen LogP contribution in [-0.4, -0.2) is 53.3 Å². The van der Waals surface area contributed by atoms with E-state index in [1.54, 1.807) is 11.9 Å². The predicted molar refractivity (Wildman–Crippen MR) is 103 cm³/mol. The van der Waals surface area contributed by atoms with Gasteiger partial charge in [-0.05, 0) is 37.7 Å². The van der Waals surface area contributed by atoms with E-state index in [0.717, 1.165) is 43.4 Å². The van der Waals surface area contributed by atoms with Crippen LogP contribution in [0.1, 0.15) is 50.5 Å². The standard InChI is InChI=1S/C21H29N3O3/c1-23-20(27)24(19(26)21(23)13-7-3-8-14-21)16-18(25)22-15-9-6-12-17-10-4-2-5-11-17/h2,4-5,10-11H,3,6-9,12-16H2,1H3,(H,22,25). The molecule has 1 aromatic carbocycles. The van der Waals surface area contributed by atoms with Crippen LogP contribution in [0.3, 0.4) is 0 Å². The van der Waals surface area contributed by atoms with E-state index in [9.17, 15) is 14.4 Å². The number of hydrogen-bond acceptors (Lipinski definition) is 3. The van der Waals surface area contributed by atoms with Crippen molar-refractivity contribution in [2.45, 2.75) is 56.9 Å². The van der Waals surface area contributed by atoms with Crippen LogP contribution >= 0.6 is 0 Å². The number of nitrogens with one attached hydrogen (secondary N) is 1. The fourth-order valence-electron chi connectivity index (χ4n) is 4.20. The summed E-state index contributed by atoms with van der Waals surface area (Å²) in [6.45, 7) is 0.380. The van der Waals surface area contributed by atoms with E-state index >= 15 is 0 Å². The Morgan fingerprint density at radius 3 is 2.48 bits per heavy atom. The summed E-state index contributed by atoms with van der Waals surface area (Å²) in [6, 6.07) is 9.90. The van der Waals surface area contributed by atoms with Gasteiger partial charge in [-0.1, -0.05) is 49.6 Å². The van der Waals surface area contributed by atoms with Gasteiger partial charge in [-0.25, -0.2) is 4.79 Å². The number of carbonyl (C=O) groups is 3. The Labute approximate surface area is 160 Å². The first-order valence-electron chi connectivity index (χ1n) is 9.95. The molecule has 0 bridgehead atoms. The summed E-state index contributed by atoms with van der Waals surface area (Å²) in [4.78, 5) is 40.3. The lowest BCUT2D eigenvalue weighted by Crippen LogP contribution is -2.49. The van der Waals surface area contributed by atoms with Gasteiger partial charge in [0.15, 0.2) is 0 Å². The molecule has 0 radical (unpaired) electrons. The van der Waals surface area contributed by atoms with Crippen molar-refractivity contribution < 1.29 is 14.4 Å². The van der Waals surface area contributed by atoms with Crippen LogP contribution in [0.25, 0.3) is 0 Å². The normalized spacial score (nSPS) is 19.0. The lowest BCUT2D eigenvalue weighted by Gasteiger charge is -2.35. The molecule has 1 N–H and O–H groups in total. The summed E-state index contributed by atoms with van der Waals surface area (Å²) >= 11 is 0. The van der Waals surface area contributed by atoms with Crippen LogP contribution in [0.5, 0.6) is 0 Å². The SMILES string of the molecule is CN1C(=O)N(CC(=O)NCCCCc2ccccc2)C(=O)C12CCCCC2. The highest BCUT2D eigenvalue weighted by atomic mass is 16.2. The van der Waals surface area contributed by atoms with E-state index in [1.807, 2.05) is 18.2 Å². The van der Waals surface area contributed by atoms with Gasteiger partial charge < -0.3 is 10.2 Å². The number of amides is 4. The molecule has 27 heavy (non-hydrogen) atoms. The van der Waals surface area contributed by atoms with Crippen LogP contribution < -0.4 is 5.32 Å². The Morgan fingerprint density at radius 1 is 1.07 bits per heavy atom. The zero-order chi connectivity index (χ0) is 19.3. The number of hydrogen-bond donors (Lipinski definition) is 1. The quantitative estimate of drug-likeness (QED) is 0.592. The van der Waals surface area contributed by atoms with Crippen LogP contribution in [0, 0.1) is 0 Å². The summed E-state index contributed by atoms with van der Waals surface area (Å²) in [7, 11) is 1.69. The number of nitrogens with zero attached hydrogens (tertiary/aromatic N) is 2. The molecule has 6 heteroatoms. The van der Waals surface area contributed by atoms with E-state index < -0.39 is 5.54 Å². The molecule has 1 aliphatic carbocycles. The summed E-state index contributed by atoms with van der Waals surface area (Å²) in [5, 5.41) is 2.84. The number of imide groups is 1. The number of likely N-dealkylation sites (N-methyl/N-ethyl adjacent to an activating group) is 1. The molecular formula is C21H29N3O3. The first-order chi connectivity index (χ1) is 13.0. The Bertz CT molecular complexity index is 683. The highest BCUT2D eigenvalue weighted by molar-refractivity contribution is 6.08. The third-order valence-electron chi connectivity index (χ3n) is 5.84. The molecule has 0 unspecified atom stereocenters. The molecule has 4 amide bonds. The molecule has 1 saturated carbocycles. The number of carbonyl (C=O) groups excluding carboxylic acids is 3. The average Bonchev–Trinajstić information content (AvgIpc) is 2.85. The Morgan fingerprint density at radius 2 is 1.78 bits per heavy atom. The Hall–Kier alpha value is -2.37. The molecule has 1 saturated heterocycles. The topological polar surface area (TPSA) is 69.7 Å². The van der Waals surface area contributed by atoms with Crippen LogP contribution in [-0.2, 0) is 16.0 Å². The van der Waals surface area contributed by atoms with Crippen LogP contribution in [0.4, 0.5) is 4.79 Å². The highest BCUT2D eigenvalue weighted by Crippen LogP contribution is 2.39. The Balaban J connectivity index is 1.43. The van der Waals surface area contributed by atoms with E-state index in [2.05, 4.69) is 17.4 Å². The molecule has 0 aromatic heterocycles. The van der Waals surface area contributed by atoms with Crippen molar-refractivity contribution in [1.82, 2.24) is 15.1 Å². The van der Waals surface area contributed by atoms with Gasteiger partial charge in [0.2, 0.25) is 5.91 Å². The molecule has 1 heterocycles. The highest BCUT2D eigenvalue weighted by Gasteiger charge is 2.55. The maximum absolute atomic E-state index is 12.9. The van der Waals surface area contributed by atoms with Gasteiger partial charge in [-0.2, -0.15) is 0 Å². The minimum Gasteiger partial charge on any atom is -0.355 e. The van der Waals surface area contributed by atoms with Gasteiger partial charge in [-0.15, -0.1) is 0 Å². The second-order valence-corrected chi connectivity index (χ2v) is 7.62. The van der Waals surface area contributed by atoms with Crippen molar-refractivity contribution >= 4 is 17.8 Å². The van der Waals surface area contributed by atoms with Crippen LogP contribution in [0.2, 0.25) is 0 Å². The summed E-state index contributed by atoms with van der Waals surface area (Å²) in [6.07, 6.45) is 7.23. The maximum atomic E-state index is 12.9. The smallest absolute Gasteiger partial charge is 0.327 e. The predicted octanol–water partition coefficient (Wildman–Crippen LogP) is 2.72. The summed E-state index contributed by atoms with van der Waals surface area (Å²) < 4.78 is 0. The molecule has 146 valence electrons. The fraction of sp³-hybridized carbons (Fsp3) is 0.571. The minimum absolute atomic E-state index is 0.178. The molecule has 2 fully saturated rings. The third kappa shape index (κ3) is 4.15. The molecular weight excluding hydrogens is 342 g/mol. The number of benzene rings is 1. The second kappa shape index (κ2) is 8.55. The third-order valence-corrected chi connectivity index (χ3v) is 5.84. The van der Waals surface area contributed by atoms with Gasteiger partial charge in [0, 0.05) is 13.6 Å². The maximum Gasteiger partial charge on any atom is 0.327 e. The van der Waals surface area contributed by atoms with Crippen molar-refractivity contribution in [1.29, 1.82) is 0 Å². The molecule has 3 rings (SSSR count). The van der Waals surface area contributed by atoms with Crippen molar-refractivity contribution in [3.8, 4) is 0 Å². The number of rotatable bonds is 7. The van der Waals surface area contributed by atoms with E-state index in [1.165, 1.54) is 5.56 Å². The van der Waals surface area contributed by atoms with Gasteiger partial charge in [0.05, 0.1) is 0 Å². The number of urea groups is 1. The van der Waals surface area contributed by atoms with Crippen molar-refractivity contribution in [2.24, 2.45) is 0 Å². The van der Waals surface area contributed by atoms with Crippen molar-refractivity contribution in [2.75, 3.05) is 20.1 Å². The molecule has 0 atom stereocenters. The van der Waals surface area contributed by atoms with Gasteiger partial charge in [0.1, 0.15) is 12.1 Å². The first kappa shape index (κ1) is 19.4. The van der Waals surface area contributed by atoms with Gasteiger partial charge >= 0.3 is 6.03 Å². The number of aryl methyl sites for hydroxylation is 1. The number of unbranched alkanes of at least 4 members (excludes halogenated alkanes) is 1. The Kier molecular flexibility index (Phi) is 6.14. The average molecular weight is 371 g/mol. The largest absolute Gasteiger partial charge is 0.355 e. The molecule has 1 spiro atoms. The van der Waals surface area contributed by atoms with Crippen molar-refractivity contribution in [3.63, 3.8) is 0 Å².